The van der Waals surface area contributed by atoms with Crippen LogP contribution < -0.4 is 14.2 Å². The molecule has 2 aliphatic carbocycles. The van der Waals surface area contributed by atoms with Crippen LogP contribution in [-0.2, 0) is 21.4 Å². The molecule has 0 unspecified atom stereocenters. The van der Waals surface area contributed by atoms with E-state index in [4.69, 9.17) is 18.6 Å². The second-order valence-electron chi connectivity index (χ2n) is 12.0. The van der Waals surface area contributed by atoms with E-state index in [1.54, 1.807) is 31.8 Å². The van der Waals surface area contributed by atoms with Crippen LogP contribution in [0.5, 0.6) is 17.2 Å². The maximum Gasteiger partial charge on any atom is 0.308 e. The predicted molar refractivity (Wildman–Crippen MR) is 146 cm³/mol. The summed E-state index contributed by atoms with van der Waals surface area (Å²) in [5.74, 6) is 2.25. The van der Waals surface area contributed by atoms with Gasteiger partial charge >= 0.3 is 5.97 Å². The SMILES string of the molecule is COc1cc(OC(C)=O)c2c3c1O[C@H]1[C@H](N(CC(C)C)C(=O)/C=C/c4ccoc4)CC[C@H]4[C@@H](C2)N(C)CC[C@@]341. The lowest BCUT2D eigenvalue weighted by Gasteiger charge is -2.60. The number of rotatable bonds is 7. The number of carbonyl (C=O) groups excluding carboxylic acids is 2. The van der Waals surface area contributed by atoms with E-state index in [1.165, 1.54) is 6.92 Å². The zero-order chi connectivity index (χ0) is 27.5. The van der Waals surface area contributed by atoms with E-state index in [2.05, 4.69) is 25.8 Å². The van der Waals surface area contributed by atoms with Crippen molar-refractivity contribution in [1.82, 2.24) is 9.80 Å². The summed E-state index contributed by atoms with van der Waals surface area (Å²) in [5, 5.41) is 0. The van der Waals surface area contributed by atoms with Gasteiger partial charge in [-0.2, -0.15) is 0 Å². The molecule has 4 aliphatic rings. The fourth-order valence-electron chi connectivity index (χ4n) is 7.88. The van der Waals surface area contributed by atoms with E-state index in [9.17, 15) is 9.59 Å². The molecule has 5 atom stereocenters. The first-order valence-corrected chi connectivity index (χ1v) is 14.0. The average Bonchev–Trinajstić information content (AvgIpc) is 3.54. The van der Waals surface area contributed by atoms with Crippen LogP contribution in [0.1, 0.15) is 56.7 Å². The molecule has 3 heterocycles. The minimum absolute atomic E-state index is 0.0163. The number of likely N-dealkylation sites (tertiary alicyclic amines) is 1. The van der Waals surface area contributed by atoms with Gasteiger partial charge in [-0.1, -0.05) is 13.8 Å². The van der Waals surface area contributed by atoms with Crippen molar-refractivity contribution in [2.75, 3.05) is 27.2 Å². The first-order chi connectivity index (χ1) is 18.7. The van der Waals surface area contributed by atoms with Gasteiger partial charge in [0.15, 0.2) is 11.5 Å². The molecule has 208 valence electrons. The van der Waals surface area contributed by atoms with E-state index in [1.807, 2.05) is 17.0 Å². The van der Waals surface area contributed by atoms with Crippen molar-refractivity contribution in [3.63, 3.8) is 0 Å². The molecule has 1 spiro atoms. The van der Waals surface area contributed by atoms with Crippen LogP contribution in [0.2, 0.25) is 0 Å². The van der Waals surface area contributed by atoms with Gasteiger partial charge in [0.1, 0.15) is 11.9 Å². The van der Waals surface area contributed by atoms with E-state index in [0.29, 0.717) is 35.9 Å². The van der Waals surface area contributed by atoms with Crippen LogP contribution in [0.3, 0.4) is 0 Å². The summed E-state index contributed by atoms with van der Waals surface area (Å²) in [6, 6.07) is 3.88. The Labute approximate surface area is 229 Å². The Morgan fingerprint density at radius 2 is 2.10 bits per heavy atom. The lowest BCUT2D eigenvalue weighted by atomic mass is 9.51. The van der Waals surface area contributed by atoms with Crippen molar-refractivity contribution < 1.29 is 28.2 Å². The molecule has 1 aromatic carbocycles. The highest BCUT2D eigenvalue weighted by atomic mass is 16.5. The number of carbonyl (C=O) groups is 2. The molecule has 6 rings (SSSR count). The van der Waals surface area contributed by atoms with Crippen LogP contribution >= 0.6 is 0 Å². The van der Waals surface area contributed by atoms with Gasteiger partial charge in [0.05, 0.1) is 25.7 Å². The third kappa shape index (κ3) is 4.06. The summed E-state index contributed by atoms with van der Waals surface area (Å²) in [6.07, 6.45) is 10.1. The minimum atomic E-state index is -0.346. The molecule has 1 amide bonds. The van der Waals surface area contributed by atoms with Gasteiger partial charge in [-0.05, 0) is 63.3 Å². The number of ether oxygens (including phenoxy) is 3. The molecule has 0 N–H and O–H groups in total. The van der Waals surface area contributed by atoms with Gasteiger partial charge in [0, 0.05) is 53.8 Å². The molecule has 2 aromatic rings. The Balaban J connectivity index is 1.46. The van der Waals surface area contributed by atoms with Crippen molar-refractivity contribution in [1.29, 1.82) is 0 Å². The smallest absolute Gasteiger partial charge is 0.308 e. The number of nitrogens with zero attached hydrogens (tertiary/aromatic N) is 2. The Bertz CT molecular complexity index is 1300. The molecule has 1 aromatic heterocycles. The number of furan rings is 1. The second-order valence-corrected chi connectivity index (χ2v) is 12.0. The maximum absolute atomic E-state index is 13.8. The van der Waals surface area contributed by atoms with Crippen LogP contribution in [-0.4, -0.2) is 67.1 Å². The summed E-state index contributed by atoms with van der Waals surface area (Å²) in [5.41, 5.74) is 2.79. The van der Waals surface area contributed by atoms with E-state index in [0.717, 1.165) is 54.7 Å². The molecular weight excluding hydrogens is 496 g/mol. The highest BCUT2D eigenvalue weighted by Gasteiger charge is 2.67. The standard InChI is InChI=1S/C31H38N2O6/c1-18(2)16-33(27(35)9-6-20-10-13-37-17-20)23-8-7-22-24-14-21-25(38-19(3)34)15-26(36-5)29-28(21)31(22,30(23)39-29)11-12-32(24)4/h6,9-10,13,15,17-18,22-24,30H,7-8,11-12,14,16H2,1-5H3/b9-6+/t22-,23+,24+,30-,31-/m0/s1. The van der Waals surface area contributed by atoms with Gasteiger partial charge in [-0.3, -0.25) is 9.59 Å². The van der Waals surface area contributed by atoms with E-state index in [-0.39, 0.29) is 29.4 Å². The van der Waals surface area contributed by atoms with Crippen molar-refractivity contribution in [2.45, 2.75) is 70.1 Å². The van der Waals surface area contributed by atoms with E-state index >= 15 is 0 Å². The van der Waals surface area contributed by atoms with Crippen molar-refractivity contribution in [3.05, 3.63) is 47.4 Å². The predicted octanol–water partition coefficient (Wildman–Crippen LogP) is 4.45. The lowest BCUT2D eigenvalue weighted by Crippen LogP contribution is -2.68. The Morgan fingerprint density at radius 1 is 1.28 bits per heavy atom. The van der Waals surface area contributed by atoms with Crippen LogP contribution in [0.4, 0.5) is 0 Å². The summed E-state index contributed by atoms with van der Waals surface area (Å²) >= 11 is 0. The van der Waals surface area contributed by atoms with Crippen LogP contribution in [0.15, 0.2) is 35.2 Å². The quantitative estimate of drug-likeness (QED) is 0.295. The Morgan fingerprint density at radius 3 is 2.79 bits per heavy atom. The molecule has 2 aliphatic heterocycles. The number of likely N-dealkylation sites (N-methyl/N-ethyl adjacent to an activating group) is 1. The summed E-state index contributed by atoms with van der Waals surface area (Å²) < 4.78 is 23.7. The monoisotopic (exact) mass is 534 g/mol. The summed E-state index contributed by atoms with van der Waals surface area (Å²) in [6.45, 7) is 7.32. The summed E-state index contributed by atoms with van der Waals surface area (Å²) in [4.78, 5) is 30.4. The normalized spacial score (nSPS) is 28.8. The highest BCUT2D eigenvalue weighted by molar-refractivity contribution is 5.92. The van der Waals surface area contributed by atoms with Crippen LogP contribution in [0.25, 0.3) is 6.08 Å². The topological polar surface area (TPSA) is 81.5 Å². The molecule has 8 heteroatoms. The molecular formula is C31H38N2O6. The van der Waals surface area contributed by atoms with Gasteiger partial charge in [0.2, 0.25) is 5.91 Å². The van der Waals surface area contributed by atoms with Gasteiger partial charge in [-0.15, -0.1) is 0 Å². The molecule has 8 nitrogen and oxygen atoms in total. The van der Waals surface area contributed by atoms with E-state index < -0.39 is 0 Å². The fourth-order valence-corrected chi connectivity index (χ4v) is 7.88. The zero-order valence-corrected chi connectivity index (χ0v) is 23.4. The largest absolute Gasteiger partial charge is 0.493 e. The fraction of sp³-hybridized carbons (Fsp3) is 0.548. The molecule has 2 bridgehead atoms. The number of amides is 1. The number of hydrogen-bond donors (Lipinski definition) is 0. The number of hydrogen-bond acceptors (Lipinski definition) is 7. The molecule has 0 radical (unpaired) electrons. The molecule has 2 fully saturated rings. The van der Waals surface area contributed by atoms with Gasteiger partial charge in [0.25, 0.3) is 0 Å². The Hall–Kier alpha value is -3.26. The minimum Gasteiger partial charge on any atom is -0.493 e. The molecule has 39 heavy (non-hydrogen) atoms. The number of esters is 1. The number of methoxy groups -OCH3 is 1. The third-order valence-electron chi connectivity index (χ3n) is 9.32. The lowest BCUT2D eigenvalue weighted by molar-refractivity contribution is -0.138. The van der Waals surface area contributed by atoms with Crippen molar-refractivity contribution in [2.24, 2.45) is 11.8 Å². The molecule has 1 saturated carbocycles. The first-order valence-electron chi connectivity index (χ1n) is 14.0. The zero-order valence-electron chi connectivity index (χ0n) is 23.4. The highest BCUT2D eigenvalue weighted by Crippen LogP contribution is 2.65. The second kappa shape index (κ2) is 9.73. The number of benzene rings is 1. The summed E-state index contributed by atoms with van der Waals surface area (Å²) in [7, 11) is 3.83. The first kappa shape index (κ1) is 26.0. The van der Waals surface area contributed by atoms with Crippen LogP contribution in [0, 0.1) is 11.8 Å². The van der Waals surface area contributed by atoms with Crippen molar-refractivity contribution in [3.8, 4) is 17.2 Å². The van der Waals surface area contributed by atoms with Gasteiger partial charge in [-0.25, -0.2) is 0 Å². The van der Waals surface area contributed by atoms with Crippen molar-refractivity contribution >= 4 is 18.0 Å². The number of piperidine rings is 1. The van der Waals surface area contributed by atoms with Gasteiger partial charge < -0.3 is 28.4 Å². The Kier molecular flexibility index (Phi) is 6.49. The maximum atomic E-state index is 13.8. The third-order valence-corrected chi connectivity index (χ3v) is 9.32. The molecule has 1 saturated heterocycles. The average molecular weight is 535 g/mol.